The van der Waals surface area contributed by atoms with E-state index in [1.54, 1.807) is 4.68 Å². The summed E-state index contributed by atoms with van der Waals surface area (Å²) in [5, 5.41) is 13.1. The van der Waals surface area contributed by atoms with Crippen LogP contribution in [0.3, 0.4) is 0 Å². The second kappa shape index (κ2) is 6.31. The number of aromatic nitrogens is 2. The molecule has 0 saturated carbocycles. The highest BCUT2D eigenvalue weighted by Crippen LogP contribution is 2.20. The van der Waals surface area contributed by atoms with E-state index >= 15 is 0 Å². The van der Waals surface area contributed by atoms with E-state index in [2.05, 4.69) is 16.9 Å². The van der Waals surface area contributed by atoms with Crippen molar-refractivity contribution in [2.45, 2.75) is 38.9 Å². The van der Waals surface area contributed by atoms with E-state index in [9.17, 15) is 0 Å². The van der Waals surface area contributed by atoms with Crippen LogP contribution in [0.25, 0.3) is 0 Å². The van der Waals surface area contributed by atoms with Crippen LogP contribution in [-0.4, -0.2) is 45.5 Å². The van der Waals surface area contributed by atoms with Gasteiger partial charge in [0.05, 0.1) is 19.3 Å². The molecule has 1 aliphatic heterocycles. The number of aliphatic hydroxyl groups excluding tert-OH is 1. The smallest absolute Gasteiger partial charge is 0.0640 e. The lowest BCUT2D eigenvalue weighted by molar-refractivity contribution is 0.165. The van der Waals surface area contributed by atoms with Gasteiger partial charge < -0.3 is 10.8 Å². The first-order chi connectivity index (χ1) is 8.69. The van der Waals surface area contributed by atoms with Gasteiger partial charge in [0.2, 0.25) is 0 Å². The third-order valence-electron chi connectivity index (χ3n) is 3.80. The maximum atomic E-state index is 8.85. The highest BCUT2D eigenvalue weighted by atomic mass is 16.3. The van der Waals surface area contributed by atoms with Crippen molar-refractivity contribution >= 4 is 0 Å². The fourth-order valence-electron chi connectivity index (χ4n) is 2.61. The molecule has 5 heteroatoms. The molecule has 1 aromatic rings. The van der Waals surface area contributed by atoms with Crippen LogP contribution in [0.4, 0.5) is 0 Å². The summed E-state index contributed by atoms with van der Waals surface area (Å²) in [6.07, 6.45) is 6.31. The van der Waals surface area contributed by atoms with Gasteiger partial charge >= 0.3 is 0 Å². The number of nitrogens with zero attached hydrogens (tertiary/aromatic N) is 3. The van der Waals surface area contributed by atoms with E-state index in [1.807, 2.05) is 12.4 Å². The quantitative estimate of drug-likeness (QED) is 0.798. The number of likely N-dealkylation sites (tertiary alicyclic amines) is 1. The number of hydrogen-bond acceptors (Lipinski definition) is 4. The van der Waals surface area contributed by atoms with Crippen molar-refractivity contribution in [3.63, 3.8) is 0 Å². The largest absolute Gasteiger partial charge is 0.394 e. The van der Waals surface area contributed by atoms with Crippen LogP contribution in [0.2, 0.25) is 0 Å². The summed E-state index contributed by atoms with van der Waals surface area (Å²) >= 11 is 0. The molecule has 0 bridgehead atoms. The van der Waals surface area contributed by atoms with E-state index < -0.39 is 0 Å². The molecule has 1 aromatic heterocycles. The van der Waals surface area contributed by atoms with Crippen molar-refractivity contribution in [2.75, 3.05) is 19.7 Å². The van der Waals surface area contributed by atoms with Gasteiger partial charge in [-0.3, -0.25) is 9.58 Å². The van der Waals surface area contributed by atoms with Crippen molar-refractivity contribution in [3.8, 4) is 0 Å². The van der Waals surface area contributed by atoms with E-state index in [1.165, 1.54) is 18.4 Å². The molecule has 1 atom stereocenters. The predicted molar refractivity (Wildman–Crippen MR) is 71.0 cm³/mol. The van der Waals surface area contributed by atoms with Gasteiger partial charge in [-0.05, 0) is 38.8 Å². The van der Waals surface area contributed by atoms with Gasteiger partial charge in [-0.25, -0.2) is 0 Å². The average molecular weight is 252 g/mol. The van der Waals surface area contributed by atoms with Crippen molar-refractivity contribution in [3.05, 3.63) is 18.0 Å². The third-order valence-corrected chi connectivity index (χ3v) is 3.80. The minimum Gasteiger partial charge on any atom is -0.394 e. The average Bonchev–Trinajstić information content (AvgIpc) is 2.78. The topological polar surface area (TPSA) is 67.3 Å². The zero-order valence-corrected chi connectivity index (χ0v) is 11.1. The Bertz CT molecular complexity index is 356. The Morgan fingerprint density at radius 1 is 1.50 bits per heavy atom. The van der Waals surface area contributed by atoms with Crippen molar-refractivity contribution in [1.82, 2.24) is 14.7 Å². The fraction of sp³-hybridized carbons (Fsp3) is 0.769. The fourth-order valence-corrected chi connectivity index (χ4v) is 2.61. The van der Waals surface area contributed by atoms with Crippen LogP contribution >= 0.6 is 0 Å². The SMILES string of the molecule is CC(N)C1CCN(Cc2cnn(CCO)c2)CC1. The van der Waals surface area contributed by atoms with Crippen LogP contribution in [0.1, 0.15) is 25.3 Å². The Kier molecular flexibility index (Phi) is 4.74. The molecule has 0 aromatic carbocycles. The molecule has 2 heterocycles. The highest BCUT2D eigenvalue weighted by Gasteiger charge is 2.21. The summed E-state index contributed by atoms with van der Waals surface area (Å²) in [6, 6.07) is 0.319. The molecule has 0 aliphatic carbocycles. The van der Waals surface area contributed by atoms with E-state index in [-0.39, 0.29) is 6.61 Å². The molecule has 3 N–H and O–H groups in total. The standard InChI is InChI=1S/C13H24N4O/c1-11(14)13-2-4-16(5-3-13)9-12-8-15-17(10-12)6-7-18/h8,10-11,13,18H,2-7,9,14H2,1H3. The zero-order valence-electron chi connectivity index (χ0n) is 11.1. The van der Waals surface area contributed by atoms with E-state index in [0.717, 1.165) is 19.6 Å². The first kappa shape index (κ1) is 13.5. The molecule has 2 rings (SSSR count). The number of hydrogen-bond donors (Lipinski definition) is 2. The summed E-state index contributed by atoms with van der Waals surface area (Å²) in [7, 11) is 0. The predicted octanol–water partition coefficient (Wildman–Crippen LogP) is 0.435. The molecule has 0 amide bonds. The summed E-state index contributed by atoms with van der Waals surface area (Å²) in [5.74, 6) is 0.679. The van der Waals surface area contributed by atoms with Gasteiger partial charge in [-0.15, -0.1) is 0 Å². The minimum absolute atomic E-state index is 0.140. The lowest BCUT2D eigenvalue weighted by Crippen LogP contribution is -2.39. The lowest BCUT2D eigenvalue weighted by Gasteiger charge is -2.33. The monoisotopic (exact) mass is 252 g/mol. The lowest BCUT2D eigenvalue weighted by atomic mass is 9.91. The van der Waals surface area contributed by atoms with Crippen molar-refractivity contribution in [1.29, 1.82) is 0 Å². The van der Waals surface area contributed by atoms with Crippen LogP contribution < -0.4 is 5.73 Å². The summed E-state index contributed by atoms with van der Waals surface area (Å²) in [4.78, 5) is 2.46. The van der Waals surface area contributed by atoms with Gasteiger partial charge in [0, 0.05) is 24.3 Å². The van der Waals surface area contributed by atoms with Crippen molar-refractivity contribution < 1.29 is 5.11 Å². The molecule has 102 valence electrons. The van der Waals surface area contributed by atoms with Crippen LogP contribution in [0.5, 0.6) is 0 Å². The second-order valence-corrected chi connectivity index (χ2v) is 5.31. The Balaban J connectivity index is 1.80. The maximum absolute atomic E-state index is 8.85. The Morgan fingerprint density at radius 2 is 2.22 bits per heavy atom. The Hall–Kier alpha value is -0.910. The molecule has 0 spiro atoms. The molecule has 5 nitrogen and oxygen atoms in total. The molecule has 1 aliphatic rings. The molecule has 1 unspecified atom stereocenters. The van der Waals surface area contributed by atoms with Crippen LogP contribution in [-0.2, 0) is 13.1 Å². The zero-order chi connectivity index (χ0) is 13.0. The normalized spacial score (nSPS) is 20.2. The second-order valence-electron chi connectivity index (χ2n) is 5.31. The van der Waals surface area contributed by atoms with Crippen molar-refractivity contribution in [2.24, 2.45) is 11.7 Å². The first-order valence-corrected chi connectivity index (χ1v) is 6.79. The highest BCUT2D eigenvalue weighted by molar-refractivity contribution is 5.04. The summed E-state index contributed by atoms with van der Waals surface area (Å²) in [5.41, 5.74) is 7.17. The van der Waals surface area contributed by atoms with E-state index in [0.29, 0.717) is 18.5 Å². The molecule has 1 saturated heterocycles. The third kappa shape index (κ3) is 3.54. The van der Waals surface area contributed by atoms with E-state index in [4.69, 9.17) is 10.8 Å². The number of nitrogens with two attached hydrogens (primary N) is 1. The van der Waals surface area contributed by atoms with Gasteiger partial charge in [0.1, 0.15) is 0 Å². The Morgan fingerprint density at radius 3 is 2.83 bits per heavy atom. The van der Waals surface area contributed by atoms with Gasteiger partial charge in [-0.1, -0.05) is 0 Å². The van der Waals surface area contributed by atoms with Gasteiger partial charge in [-0.2, -0.15) is 5.10 Å². The number of rotatable bonds is 5. The molecule has 0 radical (unpaired) electrons. The number of aliphatic hydroxyl groups is 1. The van der Waals surface area contributed by atoms with Gasteiger partial charge in [0.25, 0.3) is 0 Å². The maximum Gasteiger partial charge on any atom is 0.0640 e. The summed E-state index contributed by atoms with van der Waals surface area (Å²) < 4.78 is 1.80. The van der Waals surface area contributed by atoms with Gasteiger partial charge in [0.15, 0.2) is 0 Å². The van der Waals surface area contributed by atoms with Crippen LogP contribution in [0.15, 0.2) is 12.4 Å². The molecular formula is C13H24N4O. The summed E-state index contributed by atoms with van der Waals surface area (Å²) in [6.45, 7) is 6.03. The number of piperidine rings is 1. The molecule has 1 fully saturated rings. The van der Waals surface area contributed by atoms with Crippen LogP contribution in [0, 0.1) is 5.92 Å². The Labute approximate surface area is 109 Å². The molecular weight excluding hydrogens is 228 g/mol. The minimum atomic E-state index is 0.140. The molecule has 18 heavy (non-hydrogen) atoms. The first-order valence-electron chi connectivity index (χ1n) is 6.79.